The Morgan fingerprint density at radius 2 is 2.16 bits per heavy atom. The highest BCUT2D eigenvalue weighted by Gasteiger charge is 2.31. The van der Waals surface area contributed by atoms with Crippen LogP contribution in [0.4, 0.5) is 0 Å². The van der Waals surface area contributed by atoms with Crippen molar-refractivity contribution in [3.63, 3.8) is 0 Å². The summed E-state index contributed by atoms with van der Waals surface area (Å²) in [4.78, 5) is 13.6. The Labute approximate surface area is 118 Å². The van der Waals surface area contributed by atoms with Crippen molar-refractivity contribution in [2.24, 2.45) is 5.92 Å². The summed E-state index contributed by atoms with van der Waals surface area (Å²) in [6.07, 6.45) is 6.70. The smallest absolute Gasteiger partial charge is 0.249 e. The lowest BCUT2D eigenvalue weighted by Crippen LogP contribution is -2.39. The number of amides is 1. The van der Waals surface area contributed by atoms with E-state index in [-0.39, 0.29) is 18.1 Å². The van der Waals surface area contributed by atoms with Crippen molar-refractivity contribution < 1.29 is 9.53 Å². The van der Waals surface area contributed by atoms with E-state index in [0.29, 0.717) is 5.92 Å². The molecule has 1 saturated heterocycles. The minimum atomic E-state index is -0.219. The monoisotopic (exact) mass is 279 g/mol. The van der Waals surface area contributed by atoms with Crippen LogP contribution in [-0.4, -0.2) is 18.6 Å². The van der Waals surface area contributed by atoms with Crippen molar-refractivity contribution in [1.29, 1.82) is 0 Å². The van der Waals surface area contributed by atoms with Crippen molar-refractivity contribution in [1.82, 2.24) is 5.32 Å². The average Bonchev–Trinajstić information content (AvgIpc) is 3.17. The summed E-state index contributed by atoms with van der Waals surface area (Å²) in [5.41, 5.74) is 0. The van der Waals surface area contributed by atoms with Gasteiger partial charge in [-0.2, -0.15) is 0 Å². The first-order valence-corrected chi connectivity index (χ1v) is 8.18. The Kier molecular flexibility index (Phi) is 4.18. The lowest BCUT2D eigenvalue weighted by molar-refractivity contribution is -0.131. The van der Waals surface area contributed by atoms with E-state index in [1.54, 1.807) is 11.3 Å². The number of rotatable bonds is 4. The van der Waals surface area contributed by atoms with E-state index in [2.05, 4.69) is 22.8 Å². The Hall–Kier alpha value is -0.870. The van der Waals surface area contributed by atoms with Crippen LogP contribution in [0.2, 0.25) is 0 Å². The molecule has 1 aliphatic carbocycles. The van der Waals surface area contributed by atoms with Gasteiger partial charge in [0.25, 0.3) is 0 Å². The third kappa shape index (κ3) is 3.00. The van der Waals surface area contributed by atoms with E-state index >= 15 is 0 Å². The standard InChI is InChI=1S/C15H21NO2S/c17-15(12-7-3-9-18-12)16-14(11-5-1-2-6-11)13-8-4-10-19-13/h4,8,10-12,14H,1-3,5-7,9H2,(H,16,17)/t12-,14+/m1/s1. The van der Waals surface area contributed by atoms with Gasteiger partial charge in [0.15, 0.2) is 0 Å². The maximum Gasteiger partial charge on any atom is 0.249 e. The van der Waals surface area contributed by atoms with Gasteiger partial charge in [0.1, 0.15) is 6.10 Å². The fourth-order valence-corrected chi connectivity index (χ4v) is 4.08. The third-order valence-electron chi connectivity index (χ3n) is 4.24. The van der Waals surface area contributed by atoms with Crippen LogP contribution in [0.15, 0.2) is 17.5 Å². The van der Waals surface area contributed by atoms with Crippen LogP contribution in [0.3, 0.4) is 0 Å². The lowest BCUT2D eigenvalue weighted by atomic mass is 9.96. The van der Waals surface area contributed by atoms with E-state index in [1.165, 1.54) is 30.6 Å². The molecule has 2 aliphatic rings. The highest BCUT2D eigenvalue weighted by molar-refractivity contribution is 7.10. The Morgan fingerprint density at radius 3 is 2.79 bits per heavy atom. The molecule has 4 heteroatoms. The molecule has 3 rings (SSSR count). The molecule has 1 aliphatic heterocycles. The molecule has 104 valence electrons. The molecular weight excluding hydrogens is 258 g/mol. The molecule has 0 aromatic carbocycles. The predicted molar refractivity (Wildman–Crippen MR) is 76.1 cm³/mol. The van der Waals surface area contributed by atoms with Crippen LogP contribution >= 0.6 is 11.3 Å². The first kappa shape index (κ1) is 13.1. The molecular formula is C15H21NO2S. The van der Waals surface area contributed by atoms with E-state index in [0.717, 1.165) is 19.4 Å². The third-order valence-corrected chi connectivity index (χ3v) is 5.20. The quantitative estimate of drug-likeness (QED) is 0.918. The van der Waals surface area contributed by atoms with Crippen LogP contribution in [0.1, 0.15) is 49.4 Å². The molecule has 2 fully saturated rings. The van der Waals surface area contributed by atoms with Crippen molar-refractivity contribution in [3.8, 4) is 0 Å². The fourth-order valence-electron chi connectivity index (χ4n) is 3.21. The van der Waals surface area contributed by atoms with E-state index < -0.39 is 0 Å². The topological polar surface area (TPSA) is 38.3 Å². The normalized spacial score (nSPS) is 25.6. The van der Waals surface area contributed by atoms with Gasteiger partial charge in [-0.1, -0.05) is 18.9 Å². The highest BCUT2D eigenvalue weighted by atomic mass is 32.1. The van der Waals surface area contributed by atoms with E-state index in [1.807, 2.05) is 0 Å². The first-order chi connectivity index (χ1) is 9.34. The molecule has 1 N–H and O–H groups in total. The van der Waals surface area contributed by atoms with Gasteiger partial charge in [0.2, 0.25) is 5.91 Å². The zero-order chi connectivity index (χ0) is 13.1. The summed E-state index contributed by atoms with van der Waals surface area (Å²) in [5, 5.41) is 5.34. The van der Waals surface area contributed by atoms with Crippen LogP contribution < -0.4 is 5.32 Å². The molecule has 1 aromatic heterocycles. The maximum absolute atomic E-state index is 12.3. The molecule has 0 radical (unpaired) electrons. The minimum Gasteiger partial charge on any atom is -0.368 e. The zero-order valence-electron chi connectivity index (χ0n) is 11.1. The van der Waals surface area contributed by atoms with Gasteiger partial charge in [-0.15, -0.1) is 11.3 Å². The average molecular weight is 279 g/mol. The number of ether oxygens (including phenoxy) is 1. The summed E-state index contributed by atoms with van der Waals surface area (Å²) >= 11 is 1.75. The number of carbonyl (C=O) groups is 1. The van der Waals surface area contributed by atoms with Crippen molar-refractivity contribution in [3.05, 3.63) is 22.4 Å². The van der Waals surface area contributed by atoms with Crippen molar-refractivity contribution in [2.45, 2.75) is 50.7 Å². The van der Waals surface area contributed by atoms with Gasteiger partial charge in [-0.25, -0.2) is 0 Å². The first-order valence-electron chi connectivity index (χ1n) is 7.30. The molecule has 1 saturated carbocycles. The van der Waals surface area contributed by atoms with Crippen molar-refractivity contribution >= 4 is 17.2 Å². The number of thiophene rings is 1. The Bertz CT molecular complexity index is 406. The number of hydrogen-bond donors (Lipinski definition) is 1. The largest absolute Gasteiger partial charge is 0.368 e. The van der Waals surface area contributed by atoms with Gasteiger partial charge in [-0.3, -0.25) is 4.79 Å². The Morgan fingerprint density at radius 1 is 1.32 bits per heavy atom. The predicted octanol–water partition coefficient (Wildman–Crippen LogP) is 3.27. The number of carbonyl (C=O) groups excluding carboxylic acids is 1. The van der Waals surface area contributed by atoms with Crippen LogP contribution in [0.25, 0.3) is 0 Å². The molecule has 2 atom stereocenters. The second kappa shape index (κ2) is 6.06. The second-order valence-electron chi connectivity index (χ2n) is 5.55. The number of hydrogen-bond acceptors (Lipinski definition) is 3. The molecule has 1 amide bonds. The van der Waals surface area contributed by atoms with E-state index in [4.69, 9.17) is 4.74 Å². The maximum atomic E-state index is 12.3. The van der Waals surface area contributed by atoms with Gasteiger partial charge in [0, 0.05) is 11.5 Å². The van der Waals surface area contributed by atoms with Crippen LogP contribution in [0, 0.1) is 5.92 Å². The molecule has 2 heterocycles. The molecule has 19 heavy (non-hydrogen) atoms. The molecule has 0 spiro atoms. The summed E-state index contributed by atoms with van der Waals surface area (Å²) in [7, 11) is 0. The summed E-state index contributed by atoms with van der Waals surface area (Å²) < 4.78 is 5.49. The van der Waals surface area contributed by atoms with Crippen LogP contribution in [0.5, 0.6) is 0 Å². The lowest BCUT2D eigenvalue weighted by Gasteiger charge is -2.25. The van der Waals surface area contributed by atoms with Crippen molar-refractivity contribution in [2.75, 3.05) is 6.61 Å². The SMILES string of the molecule is O=C(N[C@H](c1cccs1)C1CCCC1)[C@H]1CCCO1. The summed E-state index contributed by atoms with van der Waals surface area (Å²) in [5.74, 6) is 0.687. The van der Waals surface area contributed by atoms with E-state index in [9.17, 15) is 4.79 Å². The van der Waals surface area contributed by atoms with Gasteiger partial charge in [0.05, 0.1) is 6.04 Å². The minimum absolute atomic E-state index is 0.0859. The highest BCUT2D eigenvalue weighted by Crippen LogP contribution is 2.37. The van der Waals surface area contributed by atoms with Gasteiger partial charge >= 0.3 is 0 Å². The molecule has 3 nitrogen and oxygen atoms in total. The summed E-state index contributed by atoms with van der Waals surface area (Å²) in [6.45, 7) is 0.727. The zero-order valence-corrected chi connectivity index (χ0v) is 12.0. The van der Waals surface area contributed by atoms with Gasteiger partial charge < -0.3 is 10.1 Å². The molecule has 0 bridgehead atoms. The fraction of sp³-hybridized carbons (Fsp3) is 0.667. The molecule has 0 unspecified atom stereocenters. The summed E-state index contributed by atoms with van der Waals surface area (Å²) in [6, 6.07) is 4.41. The molecule has 1 aromatic rings. The Balaban J connectivity index is 1.69. The number of nitrogens with one attached hydrogen (secondary N) is 1. The van der Waals surface area contributed by atoms with Gasteiger partial charge in [-0.05, 0) is 43.0 Å². The van der Waals surface area contributed by atoms with Crippen LogP contribution in [-0.2, 0) is 9.53 Å². The second-order valence-corrected chi connectivity index (χ2v) is 6.53.